The third-order valence-electron chi connectivity index (χ3n) is 6.09. The Morgan fingerprint density at radius 2 is 1.04 bits per heavy atom. The zero-order valence-corrected chi connectivity index (χ0v) is 17.5. The van der Waals surface area contributed by atoms with Crippen LogP contribution in [0.3, 0.4) is 0 Å². The van der Waals surface area contributed by atoms with Crippen LogP contribution < -0.4 is 10.6 Å². The molecule has 0 aromatic heterocycles. The van der Waals surface area contributed by atoms with Crippen LogP contribution in [0.1, 0.15) is 68.2 Å². The van der Waals surface area contributed by atoms with E-state index in [9.17, 15) is 9.59 Å². The third kappa shape index (κ3) is 4.97. The Balaban J connectivity index is 1.98. The Bertz CT molecular complexity index is 498. The summed E-state index contributed by atoms with van der Waals surface area (Å²) in [5, 5.41) is 7.02. The molecule has 2 aliphatic heterocycles. The van der Waals surface area contributed by atoms with E-state index in [0.29, 0.717) is 12.8 Å². The van der Waals surface area contributed by atoms with E-state index in [1.165, 1.54) is 0 Å². The lowest BCUT2D eigenvalue weighted by Gasteiger charge is -2.44. The first kappa shape index (κ1) is 21.2. The van der Waals surface area contributed by atoms with Crippen molar-refractivity contribution in [2.45, 2.75) is 104 Å². The molecule has 2 heterocycles. The highest BCUT2D eigenvalue weighted by Gasteiger charge is 2.42. The van der Waals surface area contributed by atoms with E-state index in [4.69, 9.17) is 9.47 Å². The van der Waals surface area contributed by atoms with Gasteiger partial charge in [-0.1, -0.05) is 13.8 Å². The minimum absolute atomic E-state index is 0.135. The fraction of sp³-hybridized carbons (Fsp3) is 0.900. The van der Waals surface area contributed by atoms with E-state index in [-0.39, 0.29) is 47.2 Å². The molecular formula is C20H36N2O4. The monoisotopic (exact) mass is 368 g/mol. The zero-order valence-electron chi connectivity index (χ0n) is 17.5. The highest BCUT2D eigenvalue weighted by molar-refractivity contribution is 6.29. The average molecular weight is 369 g/mol. The van der Waals surface area contributed by atoms with Crippen LogP contribution in [0.25, 0.3) is 0 Å². The SMILES string of the molecule is CC1NC(C)(C)CC(OC(=O)C(=O)OC2CC(C)(C)NC(C)C2C)C1C. The molecule has 6 unspecified atom stereocenters. The van der Waals surface area contributed by atoms with Crippen LogP contribution in [0.2, 0.25) is 0 Å². The molecular weight excluding hydrogens is 332 g/mol. The number of rotatable bonds is 2. The summed E-state index contributed by atoms with van der Waals surface area (Å²) in [4.78, 5) is 24.7. The van der Waals surface area contributed by atoms with E-state index in [2.05, 4.69) is 52.2 Å². The van der Waals surface area contributed by atoms with Crippen molar-refractivity contribution in [3.8, 4) is 0 Å². The van der Waals surface area contributed by atoms with Gasteiger partial charge in [0.2, 0.25) is 0 Å². The second kappa shape index (κ2) is 7.47. The zero-order chi connectivity index (χ0) is 19.9. The summed E-state index contributed by atoms with van der Waals surface area (Å²) in [5.41, 5.74) is -0.270. The molecule has 0 radical (unpaired) electrons. The molecule has 150 valence electrons. The summed E-state index contributed by atoms with van der Waals surface area (Å²) < 4.78 is 11.1. The molecule has 0 bridgehead atoms. The quantitative estimate of drug-likeness (QED) is 0.576. The molecule has 0 saturated carbocycles. The summed E-state index contributed by atoms with van der Waals surface area (Å²) in [5.74, 6) is -1.47. The number of carbonyl (C=O) groups is 2. The summed E-state index contributed by atoms with van der Waals surface area (Å²) >= 11 is 0. The van der Waals surface area contributed by atoms with Gasteiger partial charge < -0.3 is 20.1 Å². The lowest BCUT2D eigenvalue weighted by atomic mass is 9.81. The highest BCUT2D eigenvalue weighted by atomic mass is 16.6. The average Bonchev–Trinajstić information content (AvgIpc) is 2.47. The Morgan fingerprint density at radius 3 is 1.35 bits per heavy atom. The van der Waals surface area contributed by atoms with Crippen LogP contribution >= 0.6 is 0 Å². The van der Waals surface area contributed by atoms with Gasteiger partial charge in [-0.2, -0.15) is 0 Å². The molecule has 0 amide bonds. The summed E-state index contributed by atoms with van der Waals surface area (Å²) in [6, 6.07) is 0.414. The van der Waals surface area contributed by atoms with Crippen molar-refractivity contribution in [1.29, 1.82) is 0 Å². The molecule has 6 heteroatoms. The molecule has 0 aromatic rings. The molecule has 2 N–H and O–H groups in total. The van der Waals surface area contributed by atoms with Crippen LogP contribution in [0.4, 0.5) is 0 Å². The minimum atomic E-state index is -0.872. The fourth-order valence-corrected chi connectivity index (χ4v) is 4.30. The Labute approximate surface area is 157 Å². The van der Waals surface area contributed by atoms with E-state index in [0.717, 1.165) is 0 Å². The molecule has 2 saturated heterocycles. The number of nitrogens with one attached hydrogen (secondary N) is 2. The van der Waals surface area contributed by atoms with E-state index < -0.39 is 11.9 Å². The van der Waals surface area contributed by atoms with E-state index in [1.54, 1.807) is 0 Å². The predicted octanol–water partition coefficient (Wildman–Crippen LogP) is 2.40. The molecule has 2 aliphatic rings. The van der Waals surface area contributed by atoms with Gasteiger partial charge in [0.15, 0.2) is 0 Å². The van der Waals surface area contributed by atoms with Crippen molar-refractivity contribution < 1.29 is 19.1 Å². The standard InChI is InChI=1S/C20H36N2O4/c1-11-13(3)21-19(5,6)9-15(11)25-17(23)18(24)26-16-10-20(7,8)22-14(4)12(16)2/h11-16,21-22H,9-10H2,1-8H3. The second-order valence-electron chi connectivity index (χ2n) is 9.65. The maximum absolute atomic E-state index is 12.4. The van der Waals surface area contributed by atoms with Gasteiger partial charge >= 0.3 is 11.9 Å². The molecule has 0 aliphatic carbocycles. The van der Waals surface area contributed by atoms with Gasteiger partial charge in [-0.05, 0) is 41.5 Å². The summed E-state index contributed by atoms with van der Waals surface area (Å²) in [7, 11) is 0. The number of hydrogen-bond acceptors (Lipinski definition) is 6. The second-order valence-corrected chi connectivity index (χ2v) is 9.65. The topological polar surface area (TPSA) is 76.7 Å². The van der Waals surface area contributed by atoms with Gasteiger partial charge in [-0.15, -0.1) is 0 Å². The number of ether oxygens (including phenoxy) is 2. The molecule has 2 rings (SSSR count). The van der Waals surface area contributed by atoms with Crippen LogP contribution in [-0.4, -0.2) is 47.3 Å². The van der Waals surface area contributed by atoms with Crippen molar-refractivity contribution in [2.24, 2.45) is 11.8 Å². The Hall–Kier alpha value is -1.14. The Kier molecular flexibility index (Phi) is 6.08. The normalized spacial score (nSPS) is 39.1. The number of esters is 2. The van der Waals surface area contributed by atoms with Gasteiger partial charge in [0.1, 0.15) is 12.2 Å². The van der Waals surface area contributed by atoms with Crippen molar-refractivity contribution >= 4 is 11.9 Å². The van der Waals surface area contributed by atoms with Crippen molar-refractivity contribution in [1.82, 2.24) is 10.6 Å². The Morgan fingerprint density at radius 1 is 0.731 bits per heavy atom. The van der Waals surface area contributed by atoms with E-state index >= 15 is 0 Å². The van der Waals surface area contributed by atoms with Gasteiger partial charge in [0, 0.05) is 47.8 Å². The smallest absolute Gasteiger partial charge is 0.417 e. The van der Waals surface area contributed by atoms with Gasteiger partial charge in [0.05, 0.1) is 0 Å². The molecule has 0 aromatic carbocycles. The lowest BCUT2D eigenvalue weighted by molar-refractivity contribution is -0.181. The van der Waals surface area contributed by atoms with Crippen LogP contribution in [-0.2, 0) is 19.1 Å². The minimum Gasteiger partial charge on any atom is -0.454 e. The molecule has 2 fully saturated rings. The molecule has 26 heavy (non-hydrogen) atoms. The summed E-state index contributed by atoms with van der Waals surface area (Å²) in [6.45, 7) is 16.5. The number of hydrogen-bond donors (Lipinski definition) is 2. The van der Waals surface area contributed by atoms with Gasteiger partial charge in [-0.25, -0.2) is 9.59 Å². The lowest BCUT2D eigenvalue weighted by Crippen LogP contribution is -2.59. The molecule has 6 atom stereocenters. The van der Waals surface area contributed by atoms with Crippen LogP contribution in [0.15, 0.2) is 0 Å². The first-order chi connectivity index (χ1) is 11.8. The van der Waals surface area contributed by atoms with E-state index in [1.807, 2.05) is 13.8 Å². The maximum Gasteiger partial charge on any atom is 0.417 e. The largest absolute Gasteiger partial charge is 0.454 e. The highest BCUT2D eigenvalue weighted by Crippen LogP contribution is 2.31. The molecule has 6 nitrogen and oxygen atoms in total. The third-order valence-corrected chi connectivity index (χ3v) is 6.09. The molecule has 0 spiro atoms. The summed E-state index contributed by atoms with van der Waals surface area (Å²) in [6.07, 6.45) is 0.765. The van der Waals surface area contributed by atoms with Crippen LogP contribution in [0.5, 0.6) is 0 Å². The number of piperidine rings is 2. The number of carbonyl (C=O) groups excluding carboxylic acids is 2. The van der Waals surface area contributed by atoms with Crippen molar-refractivity contribution in [3.63, 3.8) is 0 Å². The van der Waals surface area contributed by atoms with Crippen LogP contribution in [0, 0.1) is 11.8 Å². The van der Waals surface area contributed by atoms with Crippen molar-refractivity contribution in [3.05, 3.63) is 0 Å². The van der Waals surface area contributed by atoms with Gasteiger partial charge in [-0.3, -0.25) is 0 Å². The first-order valence-corrected chi connectivity index (χ1v) is 9.78. The predicted molar refractivity (Wildman–Crippen MR) is 101 cm³/mol. The van der Waals surface area contributed by atoms with Crippen molar-refractivity contribution in [2.75, 3.05) is 0 Å². The first-order valence-electron chi connectivity index (χ1n) is 9.78. The fourth-order valence-electron chi connectivity index (χ4n) is 4.30. The van der Waals surface area contributed by atoms with Gasteiger partial charge in [0.25, 0.3) is 0 Å². The maximum atomic E-state index is 12.4.